The highest BCUT2D eigenvalue weighted by atomic mass is 79.9. The van der Waals surface area contributed by atoms with Gasteiger partial charge in [0.2, 0.25) is 0 Å². The minimum atomic E-state index is -0.179. The van der Waals surface area contributed by atoms with Crippen molar-refractivity contribution in [2.24, 2.45) is 13.0 Å². The summed E-state index contributed by atoms with van der Waals surface area (Å²) in [7, 11) is 1.97. The van der Waals surface area contributed by atoms with Gasteiger partial charge in [-0.1, -0.05) is 30.9 Å². The normalized spacial score (nSPS) is 17.0. The summed E-state index contributed by atoms with van der Waals surface area (Å²) in [6, 6.07) is 13.0. The van der Waals surface area contributed by atoms with Crippen LogP contribution < -0.4 is 5.56 Å². The van der Waals surface area contributed by atoms with E-state index in [2.05, 4.69) is 20.9 Å². The SMILES string of the molecule is C[C@H]1Cc2c(n3ncc(CC4CCC4)c3n(-c3ccc(-c4nccn4C)cc3)c2=O)CN1C(=O)c1ccc(Br)c(Cl)c1. The van der Waals surface area contributed by atoms with Gasteiger partial charge in [-0.25, -0.2) is 9.50 Å². The van der Waals surface area contributed by atoms with Crippen LogP contribution in [0, 0.1) is 5.92 Å². The molecule has 1 amide bonds. The third-order valence-corrected chi connectivity index (χ3v) is 10.0. The number of rotatable bonds is 5. The van der Waals surface area contributed by atoms with Crippen LogP contribution in [0.15, 0.2) is 70.3 Å². The van der Waals surface area contributed by atoms with Crippen molar-refractivity contribution < 1.29 is 4.79 Å². The standard InChI is InChI=1S/C32H30BrClN6O2/c1-19-14-25-28(18-38(19)31(41)22-8-11-26(33)27(34)16-22)40-30(23(17-36-40)15-20-4-3-5-20)39(32(25)42)24-9-6-21(7-10-24)29-35-12-13-37(29)2/h6-13,16-17,19-20H,3-5,14-15,18H2,1-2H3/t19-/m0/s1. The van der Waals surface area contributed by atoms with Crippen molar-refractivity contribution >= 4 is 39.1 Å². The molecule has 5 aromatic rings. The minimum absolute atomic E-state index is 0.0526. The highest BCUT2D eigenvalue weighted by molar-refractivity contribution is 9.10. The molecule has 42 heavy (non-hydrogen) atoms. The molecule has 0 spiro atoms. The number of aromatic nitrogens is 5. The third kappa shape index (κ3) is 4.50. The summed E-state index contributed by atoms with van der Waals surface area (Å²) in [5, 5.41) is 5.32. The van der Waals surface area contributed by atoms with Crippen molar-refractivity contribution in [1.82, 2.24) is 28.6 Å². The number of nitrogens with zero attached hydrogens (tertiary/aromatic N) is 6. The number of imidazole rings is 1. The summed E-state index contributed by atoms with van der Waals surface area (Å²) in [5.74, 6) is 1.35. The topological polar surface area (TPSA) is 77.4 Å². The lowest BCUT2D eigenvalue weighted by atomic mass is 9.81. The summed E-state index contributed by atoms with van der Waals surface area (Å²) in [4.78, 5) is 34.3. The summed E-state index contributed by atoms with van der Waals surface area (Å²) < 4.78 is 6.44. The fourth-order valence-corrected chi connectivity index (χ4v) is 6.67. The highest BCUT2D eigenvalue weighted by Gasteiger charge is 2.33. The number of carbonyl (C=O) groups is 1. The van der Waals surface area contributed by atoms with Gasteiger partial charge in [-0.2, -0.15) is 5.10 Å². The van der Waals surface area contributed by atoms with E-state index in [1.807, 2.05) is 69.2 Å². The maximum Gasteiger partial charge on any atom is 0.261 e. The molecule has 0 unspecified atom stereocenters. The molecule has 214 valence electrons. The van der Waals surface area contributed by atoms with Gasteiger partial charge in [0.25, 0.3) is 11.5 Å². The smallest absolute Gasteiger partial charge is 0.261 e. The molecule has 8 nitrogen and oxygen atoms in total. The average Bonchev–Trinajstić information content (AvgIpc) is 3.58. The van der Waals surface area contributed by atoms with Gasteiger partial charge in [0.15, 0.2) is 0 Å². The number of aryl methyl sites for hydroxylation is 1. The fourth-order valence-electron chi connectivity index (χ4n) is 6.25. The number of halogens is 2. The molecule has 10 heteroatoms. The van der Waals surface area contributed by atoms with Crippen LogP contribution in [-0.2, 0) is 26.4 Å². The Kier molecular flexibility index (Phi) is 6.82. The minimum Gasteiger partial charge on any atom is -0.334 e. The molecule has 0 bridgehead atoms. The van der Waals surface area contributed by atoms with Gasteiger partial charge in [-0.15, -0.1) is 0 Å². The van der Waals surface area contributed by atoms with Gasteiger partial charge in [-0.05, 0) is 84.1 Å². The molecular weight excluding hydrogens is 616 g/mol. The van der Waals surface area contributed by atoms with E-state index < -0.39 is 0 Å². The number of amides is 1. The lowest BCUT2D eigenvalue weighted by molar-refractivity contribution is 0.0651. The molecular formula is C32H30BrClN6O2. The molecule has 1 fully saturated rings. The number of fused-ring (bicyclic) bond motifs is 3. The van der Waals surface area contributed by atoms with E-state index in [1.54, 1.807) is 24.4 Å². The van der Waals surface area contributed by atoms with E-state index in [-0.39, 0.29) is 24.1 Å². The first kappa shape index (κ1) is 27.2. The van der Waals surface area contributed by atoms with E-state index in [0.717, 1.165) is 44.9 Å². The third-order valence-electron chi connectivity index (χ3n) is 8.81. The Morgan fingerprint density at radius 1 is 1.14 bits per heavy atom. The Hall–Kier alpha value is -3.69. The van der Waals surface area contributed by atoms with Crippen molar-refractivity contribution in [3.8, 4) is 17.1 Å². The second-order valence-electron chi connectivity index (χ2n) is 11.5. The molecule has 1 aliphatic carbocycles. The molecule has 0 N–H and O–H groups in total. The molecule has 1 aliphatic heterocycles. The number of hydrogen-bond donors (Lipinski definition) is 0. The summed E-state index contributed by atoms with van der Waals surface area (Å²) >= 11 is 9.72. The van der Waals surface area contributed by atoms with Crippen LogP contribution in [0.5, 0.6) is 0 Å². The van der Waals surface area contributed by atoms with Gasteiger partial charge in [0, 0.05) is 52.2 Å². The van der Waals surface area contributed by atoms with Crippen molar-refractivity contribution in [2.75, 3.05) is 0 Å². The Balaban J connectivity index is 1.35. The van der Waals surface area contributed by atoms with Crippen molar-refractivity contribution in [3.05, 3.63) is 103 Å². The zero-order chi connectivity index (χ0) is 29.1. The molecule has 4 heterocycles. The average molecular weight is 646 g/mol. The van der Waals surface area contributed by atoms with Gasteiger partial charge >= 0.3 is 0 Å². The Morgan fingerprint density at radius 3 is 2.60 bits per heavy atom. The molecule has 2 aliphatic rings. The molecule has 0 saturated heterocycles. The van der Waals surface area contributed by atoms with Crippen LogP contribution in [0.3, 0.4) is 0 Å². The van der Waals surface area contributed by atoms with Crippen LogP contribution in [0.1, 0.15) is 53.4 Å². The molecule has 7 rings (SSSR count). The van der Waals surface area contributed by atoms with Gasteiger partial charge < -0.3 is 9.47 Å². The summed E-state index contributed by atoms with van der Waals surface area (Å²) in [5.41, 5.74) is 5.53. The molecule has 1 saturated carbocycles. The van der Waals surface area contributed by atoms with Crippen molar-refractivity contribution in [1.29, 1.82) is 0 Å². The molecule has 3 aromatic heterocycles. The first-order chi connectivity index (χ1) is 20.3. The first-order valence-corrected chi connectivity index (χ1v) is 15.4. The Morgan fingerprint density at radius 2 is 1.93 bits per heavy atom. The quantitative estimate of drug-likeness (QED) is 0.227. The van der Waals surface area contributed by atoms with E-state index in [4.69, 9.17) is 16.7 Å². The van der Waals surface area contributed by atoms with Crippen LogP contribution >= 0.6 is 27.5 Å². The van der Waals surface area contributed by atoms with E-state index in [1.165, 1.54) is 19.3 Å². The molecule has 0 radical (unpaired) electrons. The number of benzene rings is 2. The van der Waals surface area contributed by atoms with Crippen molar-refractivity contribution in [2.45, 2.75) is 51.6 Å². The van der Waals surface area contributed by atoms with E-state index >= 15 is 0 Å². The van der Waals surface area contributed by atoms with E-state index in [9.17, 15) is 9.59 Å². The van der Waals surface area contributed by atoms with Gasteiger partial charge in [-0.3, -0.25) is 14.2 Å². The van der Waals surface area contributed by atoms with E-state index in [0.29, 0.717) is 28.5 Å². The van der Waals surface area contributed by atoms with Crippen molar-refractivity contribution in [3.63, 3.8) is 0 Å². The maximum atomic E-state index is 14.4. The van der Waals surface area contributed by atoms with Crippen LogP contribution in [0.2, 0.25) is 5.02 Å². The largest absolute Gasteiger partial charge is 0.334 e. The van der Waals surface area contributed by atoms with Gasteiger partial charge in [0.1, 0.15) is 11.5 Å². The first-order valence-electron chi connectivity index (χ1n) is 14.3. The summed E-state index contributed by atoms with van der Waals surface area (Å²) in [6.45, 7) is 2.28. The Labute approximate surface area is 256 Å². The lowest BCUT2D eigenvalue weighted by Crippen LogP contribution is -2.46. The highest BCUT2D eigenvalue weighted by Crippen LogP contribution is 2.33. The zero-order valence-electron chi connectivity index (χ0n) is 23.4. The lowest BCUT2D eigenvalue weighted by Gasteiger charge is -2.35. The monoisotopic (exact) mass is 644 g/mol. The molecule has 2 aromatic carbocycles. The summed E-state index contributed by atoms with van der Waals surface area (Å²) in [6.07, 6.45) is 10.6. The number of hydrogen-bond acceptors (Lipinski definition) is 4. The van der Waals surface area contributed by atoms with Crippen LogP contribution in [0.4, 0.5) is 0 Å². The second-order valence-corrected chi connectivity index (χ2v) is 12.8. The van der Waals surface area contributed by atoms with Gasteiger partial charge in [0.05, 0.1) is 29.1 Å². The fraction of sp³-hybridized carbons (Fsp3) is 0.312. The van der Waals surface area contributed by atoms with Crippen LogP contribution in [-0.4, -0.2) is 40.6 Å². The predicted octanol–water partition coefficient (Wildman–Crippen LogP) is 6.23. The predicted molar refractivity (Wildman–Crippen MR) is 166 cm³/mol. The second kappa shape index (κ2) is 10.5. The van der Waals surface area contributed by atoms with Crippen LogP contribution in [0.25, 0.3) is 22.7 Å². The maximum absolute atomic E-state index is 14.4. The molecule has 1 atom stereocenters. The zero-order valence-corrected chi connectivity index (χ0v) is 25.8. The number of carbonyl (C=O) groups excluding carboxylic acids is 1. The Bertz CT molecular complexity index is 1900.